The van der Waals surface area contributed by atoms with Crippen LogP contribution in [0.25, 0.3) is 0 Å². The topological polar surface area (TPSA) is 144 Å². The minimum atomic E-state index is -0.808. The van der Waals surface area contributed by atoms with Crippen LogP contribution in [0.3, 0.4) is 0 Å². The lowest BCUT2D eigenvalue weighted by Gasteiger charge is -2.13. The molecule has 0 aliphatic carbocycles. The zero-order valence-corrected chi connectivity index (χ0v) is 18.9. The zero-order chi connectivity index (χ0) is 25.8. The number of hydrogen-bond acceptors (Lipinski definition) is 9. The summed E-state index contributed by atoms with van der Waals surface area (Å²) in [5.74, 6) is -4.34. The van der Waals surface area contributed by atoms with Crippen molar-refractivity contribution in [3.05, 3.63) is 70.8 Å². The molecule has 2 aliphatic heterocycles. The highest BCUT2D eigenvalue weighted by molar-refractivity contribution is 6.22. The fourth-order valence-electron chi connectivity index (χ4n) is 3.80. The predicted octanol–water partition coefficient (Wildman–Crippen LogP) is 1.01. The molecule has 0 spiro atoms. The van der Waals surface area contributed by atoms with Crippen LogP contribution >= 0.6 is 0 Å². The SMILES string of the molecule is O=C(COC(=O)CCN1C(=O)c2ccccc2C1=O)COC(=O)CCN1C(=O)c2ccccc2C1=O. The van der Waals surface area contributed by atoms with Gasteiger partial charge in [-0.25, -0.2) is 0 Å². The van der Waals surface area contributed by atoms with E-state index in [-0.39, 0.29) is 48.2 Å². The van der Waals surface area contributed by atoms with Crippen LogP contribution in [-0.4, -0.2) is 77.5 Å². The summed E-state index contributed by atoms with van der Waals surface area (Å²) in [6.07, 6.45) is -0.613. The Hall–Kier alpha value is -4.67. The second-order valence-electron chi connectivity index (χ2n) is 7.98. The number of hydrogen-bond donors (Lipinski definition) is 0. The van der Waals surface area contributed by atoms with Gasteiger partial charge in [-0.2, -0.15) is 0 Å². The van der Waals surface area contributed by atoms with Gasteiger partial charge in [0.25, 0.3) is 23.6 Å². The lowest BCUT2D eigenvalue weighted by atomic mass is 10.1. The first kappa shape index (κ1) is 24.5. The molecular formula is C25H20N2O9. The number of imide groups is 2. The van der Waals surface area contributed by atoms with Crippen molar-refractivity contribution in [3.63, 3.8) is 0 Å². The number of Topliss-reactive ketones (excluding diaryl/α,β-unsaturated/α-hetero) is 1. The van der Waals surface area contributed by atoms with Gasteiger partial charge < -0.3 is 9.47 Å². The maximum atomic E-state index is 12.3. The van der Waals surface area contributed by atoms with Crippen molar-refractivity contribution in [1.82, 2.24) is 9.80 Å². The lowest BCUT2D eigenvalue weighted by Crippen LogP contribution is -2.33. The van der Waals surface area contributed by atoms with Gasteiger partial charge in [0.15, 0.2) is 13.2 Å². The summed E-state index contributed by atoms with van der Waals surface area (Å²) >= 11 is 0. The van der Waals surface area contributed by atoms with Crippen molar-refractivity contribution in [2.24, 2.45) is 0 Å². The first-order chi connectivity index (χ1) is 17.3. The van der Waals surface area contributed by atoms with Crippen LogP contribution in [0.1, 0.15) is 54.3 Å². The minimum absolute atomic E-state index is 0.202. The molecule has 4 amide bonds. The molecule has 11 nitrogen and oxygen atoms in total. The summed E-state index contributed by atoms with van der Waals surface area (Å²) in [7, 11) is 0. The van der Waals surface area contributed by atoms with Gasteiger partial charge in [-0.3, -0.25) is 43.4 Å². The van der Waals surface area contributed by atoms with E-state index >= 15 is 0 Å². The van der Waals surface area contributed by atoms with E-state index in [0.717, 1.165) is 9.80 Å². The van der Waals surface area contributed by atoms with E-state index in [1.807, 2.05) is 0 Å². The van der Waals surface area contributed by atoms with Crippen molar-refractivity contribution in [1.29, 1.82) is 0 Å². The van der Waals surface area contributed by atoms with E-state index in [2.05, 4.69) is 0 Å². The minimum Gasteiger partial charge on any atom is -0.457 e. The molecule has 0 atom stereocenters. The molecule has 0 saturated carbocycles. The zero-order valence-electron chi connectivity index (χ0n) is 18.9. The average molecular weight is 492 g/mol. The number of ether oxygens (including phenoxy) is 2. The molecule has 2 aromatic rings. The maximum absolute atomic E-state index is 12.3. The summed E-state index contributed by atoms with van der Waals surface area (Å²) in [5, 5.41) is 0. The second-order valence-corrected chi connectivity index (χ2v) is 7.98. The third-order valence-corrected chi connectivity index (χ3v) is 5.62. The Labute approximate surface area is 204 Å². The Morgan fingerprint density at radius 3 is 1.17 bits per heavy atom. The third-order valence-electron chi connectivity index (χ3n) is 5.62. The summed E-state index contributed by atoms with van der Waals surface area (Å²) in [6, 6.07) is 12.6. The van der Waals surface area contributed by atoms with Gasteiger partial charge in [0.2, 0.25) is 5.78 Å². The molecule has 0 saturated heterocycles. The Morgan fingerprint density at radius 2 is 0.861 bits per heavy atom. The molecule has 0 unspecified atom stereocenters. The molecular weight excluding hydrogens is 472 g/mol. The Bertz CT molecular complexity index is 1130. The molecule has 0 aromatic heterocycles. The first-order valence-corrected chi connectivity index (χ1v) is 11.0. The number of ketones is 1. The normalized spacial score (nSPS) is 14.1. The summed E-state index contributed by atoms with van der Waals surface area (Å²) in [5.41, 5.74) is 1.04. The quantitative estimate of drug-likeness (QED) is 0.350. The van der Waals surface area contributed by atoms with Crippen molar-refractivity contribution in [3.8, 4) is 0 Å². The smallest absolute Gasteiger partial charge is 0.308 e. The van der Waals surface area contributed by atoms with E-state index in [9.17, 15) is 33.6 Å². The molecule has 2 aromatic carbocycles. The summed E-state index contributed by atoms with van der Waals surface area (Å²) in [4.78, 5) is 86.7. The molecule has 11 heteroatoms. The van der Waals surface area contributed by atoms with E-state index in [1.165, 1.54) is 24.3 Å². The molecule has 36 heavy (non-hydrogen) atoms. The predicted molar refractivity (Wildman–Crippen MR) is 120 cm³/mol. The van der Waals surface area contributed by atoms with Crippen molar-refractivity contribution in [2.75, 3.05) is 26.3 Å². The number of carbonyl (C=O) groups excluding carboxylic acids is 7. The number of amides is 4. The van der Waals surface area contributed by atoms with E-state index in [0.29, 0.717) is 0 Å². The highest BCUT2D eigenvalue weighted by Crippen LogP contribution is 2.23. The molecule has 2 heterocycles. The molecule has 0 radical (unpaired) electrons. The van der Waals surface area contributed by atoms with Gasteiger partial charge in [0.1, 0.15) is 0 Å². The van der Waals surface area contributed by atoms with Gasteiger partial charge in [0, 0.05) is 13.1 Å². The molecule has 4 rings (SSSR count). The Morgan fingerprint density at radius 1 is 0.556 bits per heavy atom. The highest BCUT2D eigenvalue weighted by atomic mass is 16.6. The molecule has 184 valence electrons. The first-order valence-electron chi connectivity index (χ1n) is 11.0. The van der Waals surface area contributed by atoms with Crippen LogP contribution in [0.4, 0.5) is 0 Å². The van der Waals surface area contributed by atoms with Crippen LogP contribution in [-0.2, 0) is 23.9 Å². The molecule has 0 N–H and O–H groups in total. The highest BCUT2D eigenvalue weighted by Gasteiger charge is 2.36. The van der Waals surface area contributed by atoms with Gasteiger partial charge >= 0.3 is 11.9 Å². The Balaban J connectivity index is 1.14. The van der Waals surface area contributed by atoms with Gasteiger partial charge in [-0.05, 0) is 24.3 Å². The lowest BCUT2D eigenvalue weighted by molar-refractivity contribution is -0.153. The summed E-state index contributed by atoms with van der Waals surface area (Å²) < 4.78 is 9.64. The standard InChI is InChI=1S/C25H20N2O9/c28-15(13-35-20(29)9-11-26-22(31)16-5-1-2-6-17(16)23(26)32)14-36-21(30)10-12-27-24(33)18-7-3-4-8-19(18)25(27)34/h1-8H,9-14H2. The third kappa shape index (κ3) is 4.90. The van der Waals surface area contributed by atoms with E-state index in [1.54, 1.807) is 24.3 Å². The van der Waals surface area contributed by atoms with Gasteiger partial charge in [-0.15, -0.1) is 0 Å². The largest absolute Gasteiger partial charge is 0.457 e. The van der Waals surface area contributed by atoms with Crippen molar-refractivity contribution in [2.45, 2.75) is 12.8 Å². The van der Waals surface area contributed by atoms with Gasteiger partial charge in [0.05, 0.1) is 35.1 Å². The number of nitrogens with zero attached hydrogens (tertiary/aromatic N) is 2. The second kappa shape index (κ2) is 10.3. The molecule has 2 aliphatic rings. The average Bonchev–Trinajstić information content (AvgIpc) is 3.28. The fraction of sp³-hybridized carbons (Fsp3) is 0.240. The van der Waals surface area contributed by atoms with Crippen molar-refractivity contribution < 1.29 is 43.0 Å². The number of fused-ring (bicyclic) bond motifs is 2. The van der Waals surface area contributed by atoms with Crippen LogP contribution < -0.4 is 0 Å². The van der Waals surface area contributed by atoms with Crippen LogP contribution in [0.15, 0.2) is 48.5 Å². The van der Waals surface area contributed by atoms with Crippen LogP contribution in [0, 0.1) is 0 Å². The van der Waals surface area contributed by atoms with Gasteiger partial charge in [-0.1, -0.05) is 24.3 Å². The van der Waals surface area contributed by atoms with E-state index in [4.69, 9.17) is 9.47 Å². The maximum Gasteiger partial charge on any atom is 0.308 e. The van der Waals surface area contributed by atoms with Crippen LogP contribution in [0.2, 0.25) is 0 Å². The van der Waals surface area contributed by atoms with Crippen molar-refractivity contribution >= 4 is 41.4 Å². The number of rotatable bonds is 10. The number of carbonyl (C=O) groups is 7. The molecule has 0 fully saturated rings. The monoisotopic (exact) mass is 492 g/mol. The number of esters is 2. The Kier molecular flexibility index (Phi) is 7.00. The summed E-state index contributed by atoms with van der Waals surface area (Å²) in [6.45, 7) is -1.72. The van der Waals surface area contributed by atoms with Crippen LogP contribution in [0.5, 0.6) is 0 Å². The number of benzene rings is 2. The van der Waals surface area contributed by atoms with E-state index < -0.39 is 54.6 Å². The fourth-order valence-corrected chi connectivity index (χ4v) is 3.80. The molecule has 0 bridgehead atoms.